The molecule has 0 saturated carbocycles. The number of fused-ring (bicyclic) bond motifs is 1. The molecule has 0 radical (unpaired) electrons. The van der Waals surface area contributed by atoms with Crippen LogP contribution >= 0.6 is 11.6 Å². The minimum atomic E-state index is -1.16. The van der Waals surface area contributed by atoms with Crippen molar-refractivity contribution in [1.29, 1.82) is 0 Å². The van der Waals surface area contributed by atoms with Crippen molar-refractivity contribution in [1.82, 2.24) is 5.16 Å². The first-order chi connectivity index (χ1) is 9.04. The molecule has 6 heteroatoms. The van der Waals surface area contributed by atoms with Crippen molar-refractivity contribution in [2.45, 2.75) is 19.4 Å². The van der Waals surface area contributed by atoms with Gasteiger partial charge in [0, 0.05) is 23.1 Å². The molecule has 5 nitrogen and oxygen atoms in total. The summed E-state index contributed by atoms with van der Waals surface area (Å²) in [6.45, 7) is 1.96. The van der Waals surface area contributed by atoms with Gasteiger partial charge in [-0.05, 0) is 24.6 Å². The molecule has 1 aliphatic rings. The number of hydrogen-bond donors (Lipinski definition) is 1. The minimum Gasteiger partial charge on any atom is -0.489 e. The van der Waals surface area contributed by atoms with Crippen LogP contribution in [0.5, 0.6) is 5.75 Å². The SMILES string of the molecule is CC1Cc2cc(Cl)cc(-c3cc(C(=O)O)on3)c2O1. The van der Waals surface area contributed by atoms with Crippen LogP contribution in [0, 0.1) is 0 Å². The second-order valence-electron chi connectivity index (χ2n) is 4.46. The van der Waals surface area contributed by atoms with Gasteiger partial charge in [0.05, 0.1) is 0 Å². The zero-order valence-electron chi connectivity index (χ0n) is 10.0. The third-order valence-corrected chi connectivity index (χ3v) is 3.17. The fourth-order valence-corrected chi connectivity index (χ4v) is 2.43. The number of rotatable bonds is 2. The molecule has 2 heterocycles. The molecule has 0 saturated heterocycles. The van der Waals surface area contributed by atoms with Crippen molar-refractivity contribution in [3.8, 4) is 17.0 Å². The normalized spacial score (nSPS) is 17.1. The van der Waals surface area contributed by atoms with E-state index in [9.17, 15) is 4.79 Å². The number of hydrogen-bond acceptors (Lipinski definition) is 4. The number of halogens is 1. The molecule has 1 aliphatic heterocycles. The molecule has 0 fully saturated rings. The van der Waals surface area contributed by atoms with Gasteiger partial charge in [-0.25, -0.2) is 4.79 Å². The lowest BCUT2D eigenvalue weighted by Crippen LogP contribution is -2.05. The zero-order valence-corrected chi connectivity index (χ0v) is 10.8. The van der Waals surface area contributed by atoms with Gasteiger partial charge in [0.15, 0.2) is 0 Å². The predicted molar refractivity (Wildman–Crippen MR) is 67.7 cm³/mol. The number of carboxylic acid groups (broad SMARTS) is 1. The number of ether oxygens (including phenoxy) is 1. The summed E-state index contributed by atoms with van der Waals surface area (Å²) in [6, 6.07) is 4.91. The topological polar surface area (TPSA) is 72.6 Å². The number of benzene rings is 1. The summed E-state index contributed by atoms with van der Waals surface area (Å²) < 4.78 is 10.5. The van der Waals surface area contributed by atoms with Gasteiger partial charge in [0.1, 0.15) is 17.5 Å². The Hall–Kier alpha value is -2.01. The van der Waals surface area contributed by atoms with Gasteiger partial charge in [-0.15, -0.1) is 0 Å². The van der Waals surface area contributed by atoms with E-state index in [1.165, 1.54) is 6.07 Å². The molecule has 3 rings (SSSR count). The van der Waals surface area contributed by atoms with E-state index in [-0.39, 0.29) is 11.9 Å². The predicted octanol–water partition coefficient (Wildman–Crippen LogP) is 3.02. The van der Waals surface area contributed by atoms with Crippen LogP contribution in [0.4, 0.5) is 0 Å². The van der Waals surface area contributed by atoms with Crippen LogP contribution in [0.3, 0.4) is 0 Å². The van der Waals surface area contributed by atoms with Crippen molar-refractivity contribution < 1.29 is 19.2 Å². The molecule has 1 N–H and O–H groups in total. The van der Waals surface area contributed by atoms with E-state index in [1.54, 1.807) is 6.07 Å². The quantitative estimate of drug-likeness (QED) is 0.915. The third-order valence-electron chi connectivity index (χ3n) is 2.95. The van der Waals surface area contributed by atoms with Crippen molar-refractivity contribution in [3.63, 3.8) is 0 Å². The third kappa shape index (κ3) is 2.06. The van der Waals surface area contributed by atoms with E-state index >= 15 is 0 Å². The molecule has 2 aromatic rings. The maximum Gasteiger partial charge on any atom is 0.374 e. The van der Waals surface area contributed by atoms with Gasteiger partial charge < -0.3 is 14.4 Å². The molecule has 0 aliphatic carbocycles. The largest absolute Gasteiger partial charge is 0.489 e. The van der Waals surface area contributed by atoms with Crippen LogP contribution in [0.15, 0.2) is 22.7 Å². The Labute approximate surface area is 113 Å². The fraction of sp³-hybridized carbons (Fsp3) is 0.231. The highest BCUT2D eigenvalue weighted by Crippen LogP contribution is 2.40. The molecular formula is C13H10ClNO4. The standard InChI is InChI=1S/C13H10ClNO4/c1-6-2-7-3-8(14)4-9(12(7)18-6)10-5-11(13(16)17)19-15-10/h3-6H,2H2,1H3,(H,16,17). The molecule has 1 unspecified atom stereocenters. The number of carboxylic acids is 1. The summed E-state index contributed by atoms with van der Waals surface area (Å²) >= 11 is 6.07. The maximum absolute atomic E-state index is 10.8. The number of aromatic carboxylic acids is 1. The van der Waals surface area contributed by atoms with Crippen LogP contribution in [0.1, 0.15) is 23.0 Å². The van der Waals surface area contributed by atoms with Gasteiger partial charge in [-0.2, -0.15) is 0 Å². The summed E-state index contributed by atoms with van der Waals surface area (Å²) in [5.74, 6) is -0.677. The van der Waals surface area contributed by atoms with Crippen LogP contribution in [0.25, 0.3) is 11.3 Å². The van der Waals surface area contributed by atoms with E-state index in [1.807, 2.05) is 13.0 Å². The average molecular weight is 280 g/mol. The van der Waals surface area contributed by atoms with E-state index in [2.05, 4.69) is 5.16 Å². The lowest BCUT2D eigenvalue weighted by molar-refractivity contribution is 0.0652. The number of aromatic nitrogens is 1. The molecule has 0 spiro atoms. The summed E-state index contributed by atoms with van der Waals surface area (Å²) in [5, 5.41) is 13.2. The van der Waals surface area contributed by atoms with Crippen LogP contribution in [0.2, 0.25) is 5.02 Å². The monoisotopic (exact) mass is 279 g/mol. The first-order valence-corrected chi connectivity index (χ1v) is 6.12. The van der Waals surface area contributed by atoms with E-state index in [0.717, 1.165) is 12.0 Å². The lowest BCUT2D eigenvalue weighted by atomic mass is 10.0. The van der Waals surface area contributed by atoms with Gasteiger partial charge in [0.2, 0.25) is 5.76 Å². The Morgan fingerprint density at radius 2 is 2.26 bits per heavy atom. The molecule has 1 aromatic heterocycles. The summed E-state index contributed by atoms with van der Waals surface area (Å²) in [6.07, 6.45) is 0.838. The van der Waals surface area contributed by atoms with E-state index in [4.69, 9.17) is 26.0 Å². The second-order valence-corrected chi connectivity index (χ2v) is 4.89. The second kappa shape index (κ2) is 4.28. The first kappa shape index (κ1) is 12.0. The Balaban J connectivity index is 2.12. The Morgan fingerprint density at radius 3 is 2.95 bits per heavy atom. The first-order valence-electron chi connectivity index (χ1n) is 5.74. The smallest absolute Gasteiger partial charge is 0.374 e. The number of carbonyl (C=O) groups is 1. The van der Waals surface area contributed by atoms with Crippen LogP contribution < -0.4 is 4.74 Å². The van der Waals surface area contributed by atoms with E-state index in [0.29, 0.717) is 22.0 Å². The Kier molecular flexibility index (Phi) is 2.71. The van der Waals surface area contributed by atoms with Crippen molar-refractivity contribution in [2.75, 3.05) is 0 Å². The molecule has 19 heavy (non-hydrogen) atoms. The number of nitrogens with zero attached hydrogens (tertiary/aromatic N) is 1. The van der Waals surface area contributed by atoms with Gasteiger partial charge in [0.25, 0.3) is 0 Å². The summed E-state index contributed by atoms with van der Waals surface area (Å²) in [4.78, 5) is 10.8. The summed E-state index contributed by atoms with van der Waals surface area (Å²) in [5.41, 5.74) is 2.06. The van der Waals surface area contributed by atoms with E-state index < -0.39 is 5.97 Å². The Bertz CT molecular complexity index is 665. The molecule has 1 atom stereocenters. The molecule has 0 bridgehead atoms. The molecule has 1 aromatic carbocycles. The van der Waals surface area contributed by atoms with Gasteiger partial charge in [-0.3, -0.25) is 0 Å². The lowest BCUT2D eigenvalue weighted by Gasteiger charge is -2.07. The molecule has 98 valence electrons. The van der Waals surface area contributed by atoms with Crippen LogP contribution in [-0.4, -0.2) is 22.3 Å². The minimum absolute atomic E-state index is 0.0676. The highest BCUT2D eigenvalue weighted by molar-refractivity contribution is 6.31. The zero-order chi connectivity index (χ0) is 13.6. The highest BCUT2D eigenvalue weighted by Gasteiger charge is 2.25. The highest BCUT2D eigenvalue weighted by atomic mass is 35.5. The molecule has 0 amide bonds. The maximum atomic E-state index is 10.8. The van der Waals surface area contributed by atoms with Crippen LogP contribution in [-0.2, 0) is 6.42 Å². The van der Waals surface area contributed by atoms with Crippen molar-refractivity contribution >= 4 is 17.6 Å². The van der Waals surface area contributed by atoms with Gasteiger partial charge in [-0.1, -0.05) is 16.8 Å². The van der Waals surface area contributed by atoms with Gasteiger partial charge >= 0.3 is 5.97 Å². The van der Waals surface area contributed by atoms with Crippen molar-refractivity contribution in [2.24, 2.45) is 0 Å². The summed E-state index contributed by atoms with van der Waals surface area (Å²) in [7, 11) is 0. The Morgan fingerprint density at radius 1 is 1.47 bits per heavy atom. The molecular weight excluding hydrogens is 270 g/mol. The van der Waals surface area contributed by atoms with Crippen molar-refractivity contribution in [3.05, 3.63) is 34.5 Å². The fourth-order valence-electron chi connectivity index (χ4n) is 2.19. The average Bonchev–Trinajstić information content (AvgIpc) is 2.93.